The summed E-state index contributed by atoms with van der Waals surface area (Å²) in [5, 5.41) is 0. The maximum atomic E-state index is 12.2. The molecule has 31 heavy (non-hydrogen) atoms. The third kappa shape index (κ3) is 7.82. The van der Waals surface area contributed by atoms with E-state index in [2.05, 4.69) is 4.99 Å². The van der Waals surface area contributed by atoms with E-state index < -0.39 is 5.60 Å². The fraction of sp³-hybridized carbons (Fsp3) is 0.619. The van der Waals surface area contributed by atoms with E-state index in [1.807, 2.05) is 37.8 Å². The van der Waals surface area contributed by atoms with Crippen LogP contribution in [0.1, 0.15) is 26.3 Å². The molecule has 10 heteroatoms. The minimum Gasteiger partial charge on any atom is -0.496 e. The highest BCUT2D eigenvalue weighted by Gasteiger charge is 2.26. The maximum absolute atomic E-state index is 12.2. The summed E-state index contributed by atoms with van der Waals surface area (Å²) in [5.74, 6) is 2.50. The van der Waals surface area contributed by atoms with Crippen LogP contribution in [0.25, 0.3) is 0 Å². The van der Waals surface area contributed by atoms with Crippen LogP contribution in [0, 0.1) is 0 Å². The Morgan fingerprint density at radius 3 is 1.97 bits per heavy atom. The molecule has 0 spiro atoms. The zero-order valence-corrected chi connectivity index (χ0v) is 21.6. The molecule has 2 rings (SSSR count). The van der Waals surface area contributed by atoms with Crippen LogP contribution in [0.15, 0.2) is 17.1 Å². The van der Waals surface area contributed by atoms with Gasteiger partial charge >= 0.3 is 6.09 Å². The van der Waals surface area contributed by atoms with E-state index in [1.54, 1.807) is 26.2 Å². The average Bonchev–Trinajstić information content (AvgIpc) is 2.72. The predicted molar refractivity (Wildman–Crippen MR) is 131 cm³/mol. The van der Waals surface area contributed by atoms with Crippen molar-refractivity contribution in [2.75, 3.05) is 54.1 Å². The molecule has 0 radical (unpaired) electrons. The Morgan fingerprint density at radius 1 is 1.00 bits per heavy atom. The lowest BCUT2D eigenvalue weighted by molar-refractivity contribution is 0.0186. The molecule has 0 aliphatic carbocycles. The van der Waals surface area contributed by atoms with E-state index in [1.165, 1.54) is 0 Å². The number of nitrogens with two attached hydrogens (primary N) is 1. The first-order chi connectivity index (χ1) is 14.2. The molecular weight excluding hydrogens is 515 g/mol. The third-order valence-electron chi connectivity index (χ3n) is 4.71. The van der Waals surface area contributed by atoms with Gasteiger partial charge in [0.2, 0.25) is 0 Å². The van der Waals surface area contributed by atoms with Crippen molar-refractivity contribution >= 4 is 36.0 Å². The van der Waals surface area contributed by atoms with Crippen LogP contribution in [0.4, 0.5) is 4.79 Å². The largest absolute Gasteiger partial charge is 0.496 e. The summed E-state index contributed by atoms with van der Waals surface area (Å²) in [7, 11) is 4.82. The molecule has 1 aromatic rings. The number of piperazine rings is 1. The zero-order chi connectivity index (χ0) is 22.3. The number of benzene rings is 1. The van der Waals surface area contributed by atoms with Crippen molar-refractivity contribution in [1.82, 2.24) is 9.80 Å². The summed E-state index contributed by atoms with van der Waals surface area (Å²) in [6.07, 6.45) is 0.311. The molecule has 1 aromatic carbocycles. The summed E-state index contributed by atoms with van der Waals surface area (Å²) < 4.78 is 21.6. The van der Waals surface area contributed by atoms with E-state index in [4.69, 9.17) is 24.7 Å². The van der Waals surface area contributed by atoms with Gasteiger partial charge in [0.05, 0.1) is 21.3 Å². The summed E-state index contributed by atoms with van der Waals surface area (Å²) in [5.41, 5.74) is 6.59. The number of hydrogen-bond acceptors (Lipinski definition) is 6. The molecule has 1 saturated heterocycles. The number of methoxy groups -OCH3 is 3. The second-order valence-electron chi connectivity index (χ2n) is 7.95. The van der Waals surface area contributed by atoms with E-state index in [0.717, 1.165) is 5.56 Å². The summed E-state index contributed by atoms with van der Waals surface area (Å²) in [6.45, 7) is 8.39. The highest BCUT2D eigenvalue weighted by Crippen LogP contribution is 2.34. The Morgan fingerprint density at radius 2 is 1.52 bits per heavy atom. The van der Waals surface area contributed by atoms with Gasteiger partial charge in [-0.15, -0.1) is 24.0 Å². The number of rotatable bonds is 6. The lowest BCUT2D eigenvalue weighted by atomic mass is 10.1. The van der Waals surface area contributed by atoms with Gasteiger partial charge in [-0.1, -0.05) is 0 Å². The van der Waals surface area contributed by atoms with Crippen molar-refractivity contribution in [2.24, 2.45) is 10.7 Å². The summed E-state index contributed by atoms with van der Waals surface area (Å²) in [4.78, 5) is 20.4. The quantitative estimate of drug-likeness (QED) is 0.331. The molecule has 9 nitrogen and oxygen atoms in total. The Bertz CT molecular complexity index is 734. The van der Waals surface area contributed by atoms with Crippen LogP contribution in [0.3, 0.4) is 0 Å². The molecule has 0 bridgehead atoms. The average molecular weight is 550 g/mol. The zero-order valence-electron chi connectivity index (χ0n) is 19.3. The van der Waals surface area contributed by atoms with E-state index >= 15 is 0 Å². The Labute approximate surface area is 201 Å². The van der Waals surface area contributed by atoms with Gasteiger partial charge in [0, 0.05) is 50.4 Å². The number of nitrogens with zero attached hydrogens (tertiary/aromatic N) is 3. The van der Waals surface area contributed by atoms with Crippen molar-refractivity contribution in [1.29, 1.82) is 0 Å². The van der Waals surface area contributed by atoms with Crippen LogP contribution < -0.4 is 19.9 Å². The lowest BCUT2D eigenvalue weighted by Crippen LogP contribution is -2.53. The first-order valence-corrected chi connectivity index (χ1v) is 10.00. The molecule has 0 unspecified atom stereocenters. The summed E-state index contributed by atoms with van der Waals surface area (Å²) in [6, 6.07) is 3.64. The first kappa shape index (κ1) is 26.9. The molecule has 0 atom stereocenters. The predicted octanol–water partition coefficient (Wildman–Crippen LogP) is 2.74. The standard InChI is InChI=1S/C21H34N4O5.HI/c1-21(2,3)30-20(26)25-11-9-24(10-12-25)19(22)23-8-7-16-17(28-5)13-15(27-4)14-18(16)29-6;/h13-14H,7-12H2,1-6H3,(H2,22,23);1H. The van der Waals surface area contributed by atoms with Crippen molar-refractivity contribution in [2.45, 2.75) is 32.8 Å². The lowest BCUT2D eigenvalue weighted by Gasteiger charge is -2.36. The van der Waals surface area contributed by atoms with Crippen molar-refractivity contribution in [3.05, 3.63) is 17.7 Å². The monoisotopic (exact) mass is 550 g/mol. The second-order valence-corrected chi connectivity index (χ2v) is 7.95. The van der Waals surface area contributed by atoms with Crippen LogP contribution in [-0.2, 0) is 11.2 Å². The SMILES string of the molecule is COc1cc(OC)c(CCN=C(N)N2CCN(C(=O)OC(C)(C)C)CC2)c(OC)c1.I. The summed E-state index contributed by atoms with van der Waals surface area (Å²) >= 11 is 0. The number of guanidine groups is 1. The molecule has 1 amide bonds. The third-order valence-corrected chi connectivity index (χ3v) is 4.71. The van der Waals surface area contributed by atoms with Gasteiger partial charge in [-0.3, -0.25) is 4.99 Å². The minimum atomic E-state index is -0.502. The van der Waals surface area contributed by atoms with Crippen LogP contribution in [0.2, 0.25) is 0 Å². The normalized spacial score (nSPS) is 14.6. The first-order valence-electron chi connectivity index (χ1n) is 10.00. The smallest absolute Gasteiger partial charge is 0.410 e. The molecule has 0 aromatic heterocycles. The van der Waals surface area contributed by atoms with Crippen molar-refractivity contribution in [3.63, 3.8) is 0 Å². The highest BCUT2D eigenvalue weighted by molar-refractivity contribution is 14.0. The molecule has 1 aliphatic heterocycles. The van der Waals surface area contributed by atoms with Gasteiger partial charge < -0.3 is 34.5 Å². The fourth-order valence-electron chi connectivity index (χ4n) is 3.15. The van der Waals surface area contributed by atoms with E-state index in [9.17, 15) is 4.79 Å². The number of aliphatic imine (C=N–C) groups is 1. The number of carbonyl (C=O) groups excluding carboxylic acids is 1. The number of halogens is 1. The topological polar surface area (TPSA) is 98.9 Å². The van der Waals surface area contributed by atoms with E-state index in [-0.39, 0.29) is 30.1 Å². The van der Waals surface area contributed by atoms with Gasteiger partial charge in [0.15, 0.2) is 5.96 Å². The van der Waals surface area contributed by atoms with Crippen LogP contribution in [0.5, 0.6) is 17.2 Å². The second kappa shape index (κ2) is 12.1. The highest BCUT2D eigenvalue weighted by atomic mass is 127. The number of ether oxygens (including phenoxy) is 4. The molecule has 1 fully saturated rings. The number of amides is 1. The molecule has 2 N–H and O–H groups in total. The van der Waals surface area contributed by atoms with Gasteiger partial charge in [-0.25, -0.2) is 4.79 Å². The fourth-order valence-corrected chi connectivity index (χ4v) is 3.15. The van der Waals surface area contributed by atoms with Gasteiger partial charge in [-0.05, 0) is 27.2 Å². The number of carbonyl (C=O) groups is 1. The van der Waals surface area contributed by atoms with Crippen molar-refractivity contribution in [3.8, 4) is 17.2 Å². The molecule has 0 saturated carbocycles. The Hall–Kier alpha value is -2.11. The minimum absolute atomic E-state index is 0. The molecule has 1 heterocycles. The van der Waals surface area contributed by atoms with Crippen molar-refractivity contribution < 1.29 is 23.7 Å². The van der Waals surface area contributed by atoms with Gasteiger partial charge in [-0.2, -0.15) is 0 Å². The Kier molecular flexibility index (Phi) is 10.5. The van der Waals surface area contributed by atoms with Gasteiger partial charge in [0.25, 0.3) is 0 Å². The molecule has 1 aliphatic rings. The van der Waals surface area contributed by atoms with Crippen LogP contribution in [-0.4, -0.2) is 81.5 Å². The van der Waals surface area contributed by atoms with Crippen LogP contribution >= 0.6 is 24.0 Å². The Balaban J connectivity index is 0.00000480. The van der Waals surface area contributed by atoms with Gasteiger partial charge in [0.1, 0.15) is 22.8 Å². The molecular formula is C21H35IN4O5. The maximum Gasteiger partial charge on any atom is 0.410 e. The molecule has 176 valence electrons. The van der Waals surface area contributed by atoms with E-state index in [0.29, 0.717) is 62.4 Å². The number of hydrogen-bond donors (Lipinski definition) is 1.